The van der Waals surface area contributed by atoms with Gasteiger partial charge in [0.2, 0.25) is 0 Å². The second kappa shape index (κ2) is 10.4. The number of hydrogen-bond acceptors (Lipinski definition) is 6. The number of para-hydroxylation sites is 1. The third kappa shape index (κ3) is 5.30. The predicted octanol–water partition coefficient (Wildman–Crippen LogP) is 5.51. The number of methoxy groups -OCH3 is 2. The molecule has 3 aromatic carbocycles. The summed E-state index contributed by atoms with van der Waals surface area (Å²) in [6, 6.07) is 23.9. The summed E-state index contributed by atoms with van der Waals surface area (Å²) in [5.74, 6) is 0.220. The molecule has 0 aliphatic heterocycles. The van der Waals surface area contributed by atoms with E-state index in [1.807, 2.05) is 60.7 Å². The third-order valence-electron chi connectivity index (χ3n) is 5.21. The first kappa shape index (κ1) is 22.7. The fourth-order valence-corrected chi connectivity index (χ4v) is 3.46. The Balaban J connectivity index is 1.47. The quantitative estimate of drug-likeness (QED) is 0.199. The lowest BCUT2D eigenvalue weighted by atomic mass is 10.0. The molecule has 0 amide bonds. The van der Waals surface area contributed by atoms with Crippen molar-refractivity contribution in [1.82, 2.24) is 4.98 Å². The Morgan fingerprint density at radius 3 is 2.59 bits per heavy atom. The van der Waals surface area contributed by atoms with Crippen LogP contribution in [0.5, 0.6) is 11.5 Å². The number of nitrogens with zero attached hydrogens (tertiary/aromatic N) is 1. The highest BCUT2D eigenvalue weighted by Crippen LogP contribution is 2.23. The van der Waals surface area contributed by atoms with Crippen molar-refractivity contribution in [2.75, 3.05) is 14.2 Å². The van der Waals surface area contributed by atoms with E-state index in [4.69, 9.17) is 14.2 Å². The van der Waals surface area contributed by atoms with E-state index < -0.39 is 5.97 Å². The second-order valence-electron chi connectivity index (χ2n) is 7.46. The number of fused-ring (bicyclic) bond motifs is 1. The van der Waals surface area contributed by atoms with Crippen LogP contribution in [0, 0.1) is 0 Å². The minimum absolute atomic E-state index is 0.274. The Labute approximate surface area is 197 Å². The SMILES string of the molecule is COC(=O)c1ccc(OC)c(C(=O)/C=C/c2cccc(OCc3ccc4ccccc4n3)c2)c1. The first-order valence-corrected chi connectivity index (χ1v) is 10.6. The molecular weight excluding hydrogens is 430 g/mol. The van der Waals surface area contributed by atoms with E-state index in [9.17, 15) is 9.59 Å². The smallest absolute Gasteiger partial charge is 0.337 e. The van der Waals surface area contributed by atoms with Gasteiger partial charge in [-0.1, -0.05) is 42.5 Å². The number of pyridine rings is 1. The topological polar surface area (TPSA) is 74.7 Å². The van der Waals surface area contributed by atoms with Crippen molar-refractivity contribution in [2.24, 2.45) is 0 Å². The number of hydrogen-bond donors (Lipinski definition) is 0. The second-order valence-corrected chi connectivity index (χ2v) is 7.46. The summed E-state index contributed by atoms with van der Waals surface area (Å²) in [5.41, 5.74) is 3.09. The maximum absolute atomic E-state index is 12.8. The van der Waals surface area contributed by atoms with Gasteiger partial charge in [-0.05, 0) is 54.1 Å². The maximum Gasteiger partial charge on any atom is 0.337 e. The van der Waals surface area contributed by atoms with E-state index in [0.29, 0.717) is 18.1 Å². The fraction of sp³-hybridized carbons (Fsp3) is 0.107. The van der Waals surface area contributed by atoms with Gasteiger partial charge in [0.05, 0.1) is 36.6 Å². The molecule has 0 saturated carbocycles. The van der Waals surface area contributed by atoms with Crippen molar-refractivity contribution >= 4 is 28.7 Å². The van der Waals surface area contributed by atoms with Gasteiger partial charge >= 0.3 is 5.97 Å². The zero-order valence-corrected chi connectivity index (χ0v) is 18.9. The van der Waals surface area contributed by atoms with Gasteiger partial charge in [-0.2, -0.15) is 0 Å². The fourth-order valence-electron chi connectivity index (χ4n) is 3.46. The molecule has 0 unspecified atom stereocenters. The van der Waals surface area contributed by atoms with Gasteiger partial charge in [-0.25, -0.2) is 9.78 Å². The molecule has 6 nitrogen and oxygen atoms in total. The zero-order valence-electron chi connectivity index (χ0n) is 18.9. The van der Waals surface area contributed by atoms with Gasteiger partial charge in [-0.15, -0.1) is 0 Å². The Kier molecular flexibility index (Phi) is 6.98. The van der Waals surface area contributed by atoms with E-state index in [-0.39, 0.29) is 16.9 Å². The first-order valence-electron chi connectivity index (χ1n) is 10.6. The number of carbonyl (C=O) groups is 2. The van der Waals surface area contributed by atoms with Crippen LogP contribution in [0.15, 0.2) is 84.9 Å². The van der Waals surface area contributed by atoms with Gasteiger partial charge in [0.15, 0.2) is 5.78 Å². The zero-order chi connectivity index (χ0) is 23.9. The van der Waals surface area contributed by atoms with E-state index >= 15 is 0 Å². The molecule has 1 aromatic heterocycles. The van der Waals surface area contributed by atoms with Crippen molar-refractivity contribution in [1.29, 1.82) is 0 Å². The van der Waals surface area contributed by atoms with Crippen LogP contribution >= 0.6 is 0 Å². The minimum atomic E-state index is -0.522. The van der Waals surface area contributed by atoms with Gasteiger partial charge in [-0.3, -0.25) is 4.79 Å². The highest BCUT2D eigenvalue weighted by molar-refractivity contribution is 6.09. The van der Waals surface area contributed by atoms with Crippen molar-refractivity contribution in [3.63, 3.8) is 0 Å². The summed E-state index contributed by atoms with van der Waals surface area (Å²) in [4.78, 5) is 29.2. The van der Waals surface area contributed by atoms with Crippen molar-refractivity contribution in [2.45, 2.75) is 6.61 Å². The van der Waals surface area contributed by atoms with Crippen LogP contribution in [0.1, 0.15) is 32.0 Å². The number of esters is 1. The number of rotatable bonds is 8. The molecule has 170 valence electrons. The monoisotopic (exact) mass is 453 g/mol. The summed E-state index contributed by atoms with van der Waals surface area (Å²) >= 11 is 0. The molecule has 0 saturated heterocycles. The molecule has 6 heteroatoms. The number of allylic oxidation sites excluding steroid dienone is 1. The largest absolute Gasteiger partial charge is 0.496 e. The molecule has 0 atom stereocenters. The molecule has 34 heavy (non-hydrogen) atoms. The lowest BCUT2D eigenvalue weighted by Gasteiger charge is -2.08. The molecule has 0 aliphatic rings. The van der Waals surface area contributed by atoms with Crippen LogP contribution in [0.25, 0.3) is 17.0 Å². The van der Waals surface area contributed by atoms with Crippen molar-refractivity contribution in [3.8, 4) is 11.5 Å². The molecule has 1 heterocycles. The highest BCUT2D eigenvalue weighted by Gasteiger charge is 2.14. The van der Waals surface area contributed by atoms with Crippen LogP contribution in [-0.4, -0.2) is 31.0 Å². The minimum Gasteiger partial charge on any atom is -0.496 e. The Morgan fingerprint density at radius 2 is 1.76 bits per heavy atom. The molecule has 4 rings (SSSR count). The summed E-state index contributed by atoms with van der Waals surface area (Å²) in [6.07, 6.45) is 3.12. The summed E-state index contributed by atoms with van der Waals surface area (Å²) in [7, 11) is 2.76. The predicted molar refractivity (Wildman–Crippen MR) is 130 cm³/mol. The third-order valence-corrected chi connectivity index (χ3v) is 5.21. The first-order chi connectivity index (χ1) is 16.6. The summed E-state index contributed by atoms with van der Waals surface area (Å²) < 4.78 is 15.9. The molecule has 0 aliphatic carbocycles. The summed E-state index contributed by atoms with van der Waals surface area (Å²) in [5, 5.41) is 1.08. The number of benzene rings is 3. The van der Waals surface area contributed by atoms with E-state index in [1.165, 1.54) is 26.4 Å². The van der Waals surface area contributed by atoms with E-state index in [2.05, 4.69) is 4.98 Å². The van der Waals surface area contributed by atoms with Crippen molar-refractivity contribution < 1.29 is 23.8 Å². The molecule has 0 bridgehead atoms. The van der Waals surface area contributed by atoms with Crippen LogP contribution in [0.2, 0.25) is 0 Å². The summed E-state index contributed by atoms with van der Waals surface area (Å²) in [6.45, 7) is 0.328. The molecule has 0 fully saturated rings. The Morgan fingerprint density at radius 1 is 0.912 bits per heavy atom. The molecule has 4 aromatic rings. The highest BCUT2D eigenvalue weighted by atomic mass is 16.5. The van der Waals surface area contributed by atoms with Crippen LogP contribution in [-0.2, 0) is 11.3 Å². The average Bonchev–Trinajstić information content (AvgIpc) is 2.89. The normalized spacial score (nSPS) is 10.9. The van der Waals surface area contributed by atoms with E-state index in [0.717, 1.165) is 22.2 Å². The van der Waals surface area contributed by atoms with Crippen LogP contribution < -0.4 is 9.47 Å². The lowest BCUT2D eigenvalue weighted by Crippen LogP contribution is -2.05. The maximum atomic E-state index is 12.8. The Hall–Kier alpha value is -4.45. The lowest BCUT2D eigenvalue weighted by molar-refractivity contribution is 0.0600. The number of aromatic nitrogens is 1. The number of ether oxygens (including phenoxy) is 3. The number of carbonyl (C=O) groups excluding carboxylic acids is 2. The van der Waals surface area contributed by atoms with E-state index in [1.54, 1.807) is 18.2 Å². The Bertz CT molecular complexity index is 1380. The molecule has 0 N–H and O–H groups in total. The van der Waals surface area contributed by atoms with Crippen molar-refractivity contribution in [3.05, 3.63) is 107 Å². The number of ketones is 1. The standard InChI is InChI=1S/C28H23NO5/c1-32-27-15-12-21(28(31)33-2)17-24(27)26(30)14-10-19-6-5-8-23(16-19)34-18-22-13-11-20-7-3-4-9-25(20)29-22/h3-17H,18H2,1-2H3/b14-10+. The molecule has 0 spiro atoms. The van der Waals surface area contributed by atoms with Gasteiger partial charge in [0.1, 0.15) is 18.1 Å². The molecular formula is C28H23NO5. The van der Waals surface area contributed by atoms with Gasteiger partial charge < -0.3 is 14.2 Å². The molecule has 0 radical (unpaired) electrons. The average molecular weight is 453 g/mol. The van der Waals surface area contributed by atoms with Crippen LogP contribution in [0.3, 0.4) is 0 Å². The van der Waals surface area contributed by atoms with Gasteiger partial charge in [0.25, 0.3) is 0 Å². The van der Waals surface area contributed by atoms with Crippen LogP contribution in [0.4, 0.5) is 0 Å². The van der Waals surface area contributed by atoms with Gasteiger partial charge in [0, 0.05) is 5.39 Å².